The Morgan fingerprint density at radius 3 is 2.60 bits per heavy atom. The lowest BCUT2D eigenvalue weighted by Crippen LogP contribution is -2.50. The predicted molar refractivity (Wildman–Crippen MR) is 130 cm³/mol. The number of rotatable bonds is 8. The Hall–Kier alpha value is -1.46. The van der Waals surface area contributed by atoms with Crippen molar-refractivity contribution in [3.8, 4) is 0 Å². The number of ether oxygens (including phenoxy) is 1. The molecule has 0 saturated carbocycles. The van der Waals surface area contributed by atoms with Crippen molar-refractivity contribution in [1.29, 1.82) is 0 Å². The molecule has 0 amide bonds. The zero-order chi connectivity index (χ0) is 20.5. The fraction of sp³-hybridized carbons (Fsp3) is 0.667. The molecule has 0 spiro atoms. The number of benzene rings is 1. The average molecular weight is 531 g/mol. The molecule has 0 bridgehead atoms. The van der Waals surface area contributed by atoms with Crippen molar-refractivity contribution in [2.75, 3.05) is 32.8 Å². The standard InChI is InChI=1S/C21H33N5O3.HI/c1-2-11-25-12-9-18(10-13-25)24-21(23-16-20-4-3-14-29-20)22-15-17-5-7-19(8-6-17)26(27)28;/h5-8,18,20H,2-4,9-16H2,1H3,(H2,22,23,24);1H. The highest BCUT2D eigenvalue weighted by Gasteiger charge is 2.21. The van der Waals surface area contributed by atoms with Crippen molar-refractivity contribution in [3.63, 3.8) is 0 Å². The van der Waals surface area contributed by atoms with Gasteiger partial charge in [-0.05, 0) is 44.2 Å². The summed E-state index contributed by atoms with van der Waals surface area (Å²) in [5, 5.41) is 17.8. The smallest absolute Gasteiger partial charge is 0.269 e. The zero-order valence-corrected chi connectivity index (χ0v) is 20.0. The molecule has 0 aliphatic carbocycles. The number of nitro groups is 1. The number of hydrogen-bond donors (Lipinski definition) is 2. The summed E-state index contributed by atoms with van der Waals surface area (Å²) in [5.41, 5.74) is 1.05. The van der Waals surface area contributed by atoms with E-state index in [0.29, 0.717) is 12.6 Å². The van der Waals surface area contributed by atoms with Crippen LogP contribution in [0.5, 0.6) is 0 Å². The Kier molecular flexibility index (Phi) is 10.8. The minimum absolute atomic E-state index is 0. The van der Waals surface area contributed by atoms with Gasteiger partial charge in [0.25, 0.3) is 5.69 Å². The molecule has 2 N–H and O–H groups in total. The van der Waals surface area contributed by atoms with Gasteiger partial charge in [0.1, 0.15) is 0 Å². The maximum absolute atomic E-state index is 10.8. The van der Waals surface area contributed by atoms with Crippen LogP contribution in [0.4, 0.5) is 5.69 Å². The van der Waals surface area contributed by atoms with Crippen LogP contribution in [0.15, 0.2) is 29.3 Å². The molecule has 0 radical (unpaired) electrons. The summed E-state index contributed by atoms with van der Waals surface area (Å²) in [6, 6.07) is 7.00. The quantitative estimate of drug-likeness (QED) is 0.176. The first-order chi connectivity index (χ1) is 14.1. The second-order valence-corrected chi connectivity index (χ2v) is 7.86. The predicted octanol–water partition coefficient (Wildman–Crippen LogP) is 3.30. The molecule has 2 aliphatic rings. The first-order valence-corrected chi connectivity index (χ1v) is 10.8. The summed E-state index contributed by atoms with van der Waals surface area (Å²) in [5.74, 6) is 0.799. The molecule has 1 aromatic carbocycles. The highest BCUT2D eigenvalue weighted by Crippen LogP contribution is 2.14. The molecule has 3 rings (SSSR count). The van der Waals surface area contributed by atoms with Gasteiger partial charge in [0.2, 0.25) is 0 Å². The fourth-order valence-electron chi connectivity index (χ4n) is 3.87. The molecule has 9 heteroatoms. The monoisotopic (exact) mass is 531 g/mol. The zero-order valence-electron chi connectivity index (χ0n) is 17.7. The summed E-state index contributed by atoms with van der Waals surface area (Å²) < 4.78 is 5.72. The van der Waals surface area contributed by atoms with Crippen LogP contribution in [0.2, 0.25) is 0 Å². The van der Waals surface area contributed by atoms with E-state index in [-0.39, 0.29) is 40.7 Å². The van der Waals surface area contributed by atoms with Crippen LogP contribution >= 0.6 is 24.0 Å². The molecule has 8 nitrogen and oxygen atoms in total. The Balaban J connectivity index is 0.00000320. The molecule has 2 aliphatic heterocycles. The molecule has 1 atom stereocenters. The largest absolute Gasteiger partial charge is 0.376 e. The van der Waals surface area contributed by atoms with Gasteiger partial charge in [-0.25, -0.2) is 4.99 Å². The number of nitrogens with one attached hydrogen (secondary N) is 2. The number of nitrogens with zero attached hydrogens (tertiary/aromatic N) is 3. The van der Waals surface area contributed by atoms with Crippen molar-refractivity contribution in [2.45, 2.75) is 57.7 Å². The number of hydrogen-bond acceptors (Lipinski definition) is 5. The molecule has 1 aromatic rings. The third kappa shape index (κ3) is 7.99. The van der Waals surface area contributed by atoms with E-state index in [1.54, 1.807) is 12.1 Å². The van der Waals surface area contributed by atoms with E-state index in [9.17, 15) is 10.1 Å². The van der Waals surface area contributed by atoms with Crippen molar-refractivity contribution in [3.05, 3.63) is 39.9 Å². The molecular formula is C21H34IN5O3. The molecular weight excluding hydrogens is 497 g/mol. The van der Waals surface area contributed by atoms with Gasteiger partial charge in [0.05, 0.1) is 17.6 Å². The van der Waals surface area contributed by atoms with Gasteiger partial charge in [-0.1, -0.05) is 19.1 Å². The molecule has 2 fully saturated rings. The SMILES string of the molecule is CCCN1CCC(NC(=NCc2ccc([N+](=O)[O-])cc2)NCC2CCCO2)CC1.I. The van der Waals surface area contributed by atoms with Crippen LogP contribution < -0.4 is 10.6 Å². The lowest BCUT2D eigenvalue weighted by molar-refractivity contribution is -0.384. The second-order valence-electron chi connectivity index (χ2n) is 7.86. The molecule has 2 heterocycles. The van der Waals surface area contributed by atoms with Gasteiger partial charge in [-0.2, -0.15) is 0 Å². The maximum Gasteiger partial charge on any atom is 0.269 e. The third-order valence-electron chi connectivity index (χ3n) is 5.56. The third-order valence-corrected chi connectivity index (χ3v) is 5.56. The summed E-state index contributed by atoms with van der Waals surface area (Å²) in [4.78, 5) is 17.7. The average Bonchev–Trinajstić information content (AvgIpc) is 3.25. The second kappa shape index (κ2) is 13.1. The number of likely N-dealkylation sites (tertiary alicyclic amines) is 1. The number of guanidine groups is 1. The number of aliphatic imine (C=N–C) groups is 1. The van der Waals surface area contributed by atoms with Gasteiger partial charge >= 0.3 is 0 Å². The van der Waals surface area contributed by atoms with Crippen LogP contribution in [-0.2, 0) is 11.3 Å². The van der Waals surface area contributed by atoms with Crippen molar-refractivity contribution in [1.82, 2.24) is 15.5 Å². The fourth-order valence-corrected chi connectivity index (χ4v) is 3.87. The van der Waals surface area contributed by atoms with Crippen LogP contribution in [-0.4, -0.2) is 60.7 Å². The minimum Gasteiger partial charge on any atom is -0.376 e. The summed E-state index contributed by atoms with van der Waals surface area (Å²) in [6.07, 6.45) is 5.86. The highest BCUT2D eigenvalue weighted by molar-refractivity contribution is 14.0. The van der Waals surface area contributed by atoms with E-state index >= 15 is 0 Å². The van der Waals surface area contributed by atoms with E-state index in [4.69, 9.17) is 9.73 Å². The topological polar surface area (TPSA) is 92.0 Å². The van der Waals surface area contributed by atoms with Gasteiger partial charge < -0.3 is 20.3 Å². The number of halogens is 1. The molecule has 0 aromatic heterocycles. The van der Waals surface area contributed by atoms with Crippen molar-refractivity contribution in [2.24, 2.45) is 4.99 Å². The summed E-state index contributed by atoms with van der Waals surface area (Å²) in [7, 11) is 0. The Morgan fingerprint density at radius 2 is 2.00 bits per heavy atom. The lowest BCUT2D eigenvalue weighted by Gasteiger charge is -2.33. The van der Waals surface area contributed by atoms with E-state index < -0.39 is 0 Å². The minimum atomic E-state index is -0.381. The van der Waals surface area contributed by atoms with E-state index in [0.717, 1.165) is 63.4 Å². The molecule has 1 unspecified atom stereocenters. The lowest BCUT2D eigenvalue weighted by atomic mass is 10.1. The van der Waals surface area contributed by atoms with E-state index in [1.165, 1.54) is 25.1 Å². The van der Waals surface area contributed by atoms with E-state index in [2.05, 4.69) is 22.5 Å². The van der Waals surface area contributed by atoms with Gasteiger partial charge in [0, 0.05) is 44.4 Å². The van der Waals surface area contributed by atoms with Gasteiger partial charge in [0.15, 0.2) is 5.96 Å². The summed E-state index contributed by atoms with van der Waals surface area (Å²) in [6.45, 7) is 7.70. The van der Waals surface area contributed by atoms with Crippen LogP contribution in [0.3, 0.4) is 0 Å². The van der Waals surface area contributed by atoms with Crippen molar-refractivity contribution < 1.29 is 9.66 Å². The summed E-state index contributed by atoms with van der Waals surface area (Å²) >= 11 is 0. The number of piperidine rings is 1. The first-order valence-electron chi connectivity index (χ1n) is 10.8. The van der Waals surface area contributed by atoms with Crippen molar-refractivity contribution >= 4 is 35.6 Å². The first kappa shape index (κ1) is 24.8. The molecule has 2 saturated heterocycles. The Bertz CT molecular complexity index is 672. The number of non-ortho nitro benzene ring substituents is 1. The number of nitro benzene ring substituents is 1. The molecule has 30 heavy (non-hydrogen) atoms. The maximum atomic E-state index is 10.8. The molecule has 168 valence electrons. The van der Waals surface area contributed by atoms with Crippen LogP contribution in [0, 0.1) is 10.1 Å². The van der Waals surface area contributed by atoms with Gasteiger partial charge in [-0.3, -0.25) is 10.1 Å². The van der Waals surface area contributed by atoms with Crippen LogP contribution in [0.25, 0.3) is 0 Å². The Morgan fingerprint density at radius 1 is 1.27 bits per heavy atom. The van der Waals surface area contributed by atoms with E-state index in [1.807, 2.05) is 0 Å². The normalized spacial score (nSPS) is 20.6. The Labute approximate surface area is 196 Å². The highest BCUT2D eigenvalue weighted by atomic mass is 127. The van der Waals surface area contributed by atoms with Crippen LogP contribution in [0.1, 0.15) is 44.6 Å². The van der Waals surface area contributed by atoms with Gasteiger partial charge in [-0.15, -0.1) is 24.0 Å².